The van der Waals surface area contributed by atoms with Crippen molar-refractivity contribution >= 4 is 27.5 Å². The molecular weight excluding hydrogens is 503 g/mol. The van der Waals surface area contributed by atoms with Crippen LogP contribution in [-0.2, 0) is 21.4 Å². The first-order valence-electron chi connectivity index (χ1n) is 9.76. The number of aromatic nitrogens is 2. The molecule has 1 aromatic carbocycles. The summed E-state index contributed by atoms with van der Waals surface area (Å²) in [5.74, 6) is -4.74. The van der Waals surface area contributed by atoms with Crippen LogP contribution in [0.15, 0.2) is 36.7 Å². The molecule has 2 amide bonds. The molecule has 1 atom stereocenters. The van der Waals surface area contributed by atoms with Crippen molar-refractivity contribution in [2.45, 2.75) is 30.4 Å². The Labute approximate surface area is 195 Å². The van der Waals surface area contributed by atoms with Gasteiger partial charge in [-0.3, -0.25) is 19.0 Å². The fourth-order valence-corrected chi connectivity index (χ4v) is 3.76. The van der Waals surface area contributed by atoms with Crippen molar-refractivity contribution in [2.75, 3.05) is 17.8 Å². The van der Waals surface area contributed by atoms with E-state index in [-0.39, 0.29) is 17.8 Å². The van der Waals surface area contributed by atoms with Gasteiger partial charge in [-0.25, -0.2) is 8.78 Å². The molecule has 2 aromatic rings. The van der Waals surface area contributed by atoms with Crippen LogP contribution >= 0.6 is 0 Å². The van der Waals surface area contributed by atoms with Crippen LogP contribution in [0.1, 0.15) is 22.3 Å². The maximum Gasteiger partial charge on any atom is 0.516 e. The number of nitrogens with one attached hydrogen (secondary N) is 2. The number of likely N-dealkylation sites (tertiary alicyclic amines) is 1. The monoisotopic (exact) mass is 520 g/mol. The number of nitriles is 1. The van der Waals surface area contributed by atoms with Gasteiger partial charge in [0.05, 0.1) is 37.5 Å². The van der Waals surface area contributed by atoms with Crippen molar-refractivity contribution in [2.24, 2.45) is 0 Å². The van der Waals surface area contributed by atoms with E-state index in [0.717, 1.165) is 12.1 Å². The molecule has 0 aliphatic carbocycles. The van der Waals surface area contributed by atoms with Crippen molar-refractivity contribution in [1.29, 1.82) is 5.26 Å². The number of hydrogen-bond donors (Lipinski definition) is 2. The van der Waals surface area contributed by atoms with Crippen LogP contribution in [-0.4, -0.2) is 65.5 Å². The van der Waals surface area contributed by atoms with Gasteiger partial charge in [-0.1, -0.05) is 12.1 Å². The molecule has 1 aromatic heterocycles. The standard InChI is InChI=1S/C19H17F5N6O4S/c20-18(21)5-15(6-25)30(11-18)16(31)8-26-17(32)13-7-27-29(10-13)9-12-1-3-14(4-2-12)28-35(33,34)19(22,23)24/h1-4,7,10,15,28H,5,8-9,11H2,(H,26,32)/t15-/m0/s1. The van der Waals surface area contributed by atoms with Gasteiger partial charge >= 0.3 is 15.5 Å². The predicted molar refractivity (Wildman–Crippen MR) is 109 cm³/mol. The van der Waals surface area contributed by atoms with Crippen LogP contribution in [0, 0.1) is 11.3 Å². The molecule has 188 valence electrons. The zero-order valence-electron chi connectivity index (χ0n) is 17.6. The molecule has 1 aliphatic heterocycles. The summed E-state index contributed by atoms with van der Waals surface area (Å²) < 4.78 is 89.2. The van der Waals surface area contributed by atoms with Gasteiger partial charge < -0.3 is 10.2 Å². The summed E-state index contributed by atoms with van der Waals surface area (Å²) in [4.78, 5) is 25.1. The molecule has 0 spiro atoms. The third kappa shape index (κ3) is 6.23. The topological polar surface area (TPSA) is 137 Å². The number of halogens is 5. The third-order valence-electron chi connectivity index (χ3n) is 4.89. The number of benzene rings is 1. The Morgan fingerprint density at radius 1 is 1.23 bits per heavy atom. The second-order valence-electron chi connectivity index (χ2n) is 7.58. The molecule has 2 heterocycles. The number of nitrogens with zero attached hydrogens (tertiary/aromatic N) is 4. The van der Waals surface area contributed by atoms with E-state index in [1.165, 1.54) is 33.9 Å². The Bertz CT molecular complexity index is 1250. The average Bonchev–Trinajstić information content (AvgIpc) is 3.35. The highest BCUT2D eigenvalue weighted by Crippen LogP contribution is 2.31. The summed E-state index contributed by atoms with van der Waals surface area (Å²) in [6, 6.07) is 5.30. The van der Waals surface area contributed by atoms with Crippen molar-refractivity contribution < 1.29 is 40.0 Å². The fraction of sp³-hybridized carbons (Fsp3) is 0.368. The van der Waals surface area contributed by atoms with Crippen molar-refractivity contribution in [1.82, 2.24) is 20.0 Å². The number of sulfonamides is 1. The Kier molecular flexibility index (Phi) is 7.01. The van der Waals surface area contributed by atoms with E-state index < -0.39 is 58.8 Å². The Morgan fingerprint density at radius 3 is 2.49 bits per heavy atom. The van der Waals surface area contributed by atoms with Crippen LogP contribution in [0.25, 0.3) is 0 Å². The maximum atomic E-state index is 13.5. The molecule has 1 fully saturated rings. The lowest BCUT2D eigenvalue weighted by Gasteiger charge is -2.19. The largest absolute Gasteiger partial charge is 0.516 e. The highest BCUT2D eigenvalue weighted by atomic mass is 32.2. The predicted octanol–water partition coefficient (Wildman–Crippen LogP) is 1.68. The second-order valence-corrected chi connectivity index (χ2v) is 9.26. The molecule has 0 unspecified atom stereocenters. The maximum absolute atomic E-state index is 13.5. The second kappa shape index (κ2) is 9.49. The number of carbonyl (C=O) groups excluding carboxylic acids is 2. The normalized spacial score (nSPS) is 17.6. The average molecular weight is 520 g/mol. The van der Waals surface area contributed by atoms with Gasteiger partial charge in [-0.15, -0.1) is 0 Å². The number of amides is 2. The molecule has 0 bridgehead atoms. The van der Waals surface area contributed by atoms with E-state index in [4.69, 9.17) is 5.26 Å². The van der Waals surface area contributed by atoms with Crippen LogP contribution in [0.4, 0.5) is 27.6 Å². The Morgan fingerprint density at radius 2 is 1.89 bits per heavy atom. The van der Waals surface area contributed by atoms with Crippen LogP contribution in [0.3, 0.4) is 0 Å². The Balaban J connectivity index is 1.55. The van der Waals surface area contributed by atoms with Gasteiger partial charge in [0, 0.05) is 18.3 Å². The minimum Gasteiger partial charge on any atom is -0.343 e. The molecule has 16 heteroatoms. The summed E-state index contributed by atoms with van der Waals surface area (Å²) in [7, 11) is -5.55. The molecule has 1 saturated heterocycles. The lowest BCUT2D eigenvalue weighted by Crippen LogP contribution is -2.42. The van der Waals surface area contributed by atoms with Crippen molar-refractivity contribution in [3.05, 3.63) is 47.8 Å². The van der Waals surface area contributed by atoms with E-state index in [2.05, 4.69) is 10.4 Å². The van der Waals surface area contributed by atoms with E-state index in [1.54, 1.807) is 6.07 Å². The van der Waals surface area contributed by atoms with Crippen LogP contribution in [0.2, 0.25) is 0 Å². The summed E-state index contributed by atoms with van der Waals surface area (Å²) in [6.45, 7) is -1.44. The molecule has 2 N–H and O–H groups in total. The summed E-state index contributed by atoms with van der Waals surface area (Å²) in [5, 5.41) is 15.2. The van der Waals surface area contributed by atoms with Gasteiger partial charge in [0.25, 0.3) is 11.8 Å². The van der Waals surface area contributed by atoms with Gasteiger partial charge in [0.1, 0.15) is 6.04 Å². The Hall–Kier alpha value is -3.74. The minimum atomic E-state index is -5.55. The zero-order valence-corrected chi connectivity index (χ0v) is 18.4. The number of anilines is 1. The lowest BCUT2D eigenvalue weighted by molar-refractivity contribution is -0.131. The first-order valence-corrected chi connectivity index (χ1v) is 11.2. The smallest absolute Gasteiger partial charge is 0.343 e. The molecule has 1 aliphatic rings. The van der Waals surface area contributed by atoms with Gasteiger partial charge in [-0.2, -0.15) is 31.9 Å². The zero-order chi connectivity index (χ0) is 26.0. The lowest BCUT2D eigenvalue weighted by atomic mass is 10.2. The number of alkyl halides is 5. The molecule has 0 saturated carbocycles. The molecule has 35 heavy (non-hydrogen) atoms. The summed E-state index contributed by atoms with van der Waals surface area (Å²) >= 11 is 0. The minimum absolute atomic E-state index is 0.0379. The SMILES string of the molecule is N#C[C@@H]1CC(F)(F)CN1C(=O)CNC(=O)c1cnn(Cc2ccc(NS(=O)(=O)C(F)(F)F)cc2)c1. The van der Waals surface area contributed by atoms with E-state index in [0.29, 0.717) is 10.5 Å². The number of carbonyl (C=O) groups is 2. The van der Waals surface area contributed by atoms with E-state index in [1.807, 2.05) is 0 Å². The first kappa shape index (κ1) is 25.9. The summed E-state index contributed by atoms with van der Waals surface area (Å²) in [6.07, 6.45) is 1.71. The number of rotatable bonds is 7. The quantitative estimate of drug-likeness (QED) is 0.533. The van der Waals surface area contributed by atoms with Crippen molar-refractivity contribution in [3.8, 4) is 6.07 Å². The molecule has 10 nitrogen and oxygen atoms in total. The van der Waals surface area contributed by atoms with Crippen LogP contribution < -0.4 is 10.0 Å². The molecule has 0 radical (unpaired) electrons. The van der Waals surface area contributed by atoms with E-state index >= 15 is 0 Å². The highest BCUT2D eigenvalue weighted by Gasteiger charge is 2.47. The first-order chi connectivity index (χ1) is 16.2. The number of hydrogen-bond acceptors (Lipinski definition) is 6. The molecule has 3 rings (SSSR count). The third-order valence-corrected chi connectivity index (χ3v) is 6.00. The van der Waals surface area contributed by atoms with Gasteiger partial charge in [0.2, 0.25) is 5.91 Å². The van der Waals surface area contributed by atoms with Crippen LogP contribution in [0.5, 0.6) is 0 Å². The van der Waals surface area contributed by atoms with Gasteiger partial charge in [0.15, 0.2) is 0 Å². The van der Waals surface area contributed by atoms with Gasteiger partial charge in [-0.05, 0) is 17.7 Å². The summed E-state index contributed by atoms with van der Waals surface area (Å²) in [5.41, 5.74) is -5.21. The van der Waals surface area contributed by atoms with E-state index in [9.17, 15) is 40.0 Å². The highest BCUT2D eigenvalue weighted by molar-refractivity contribution is 7.93. The molecular formula is C19H17F5N6O4S. The fourth-order valence-electron chi connectivity index (χ4n) is 3.20. The van der Waals surface area contributed by atoms with Crippen molar-refractivity contribution in [3.63, 3.8) is 0 Å².